The minimum absolute atomic E-state index is 0.0129. The van der Waals surface area contributed by atoms with Gasteiger partial charge < -0.3 is 20.1 Å². The van der Waals surface area contributed by atoms with Crippen molar-refractivity contribution in [3.05, 3.63) is 11.4 Å². The number of carbonyl (C=O) groups is 7. The molecule has 0 saturated carbocycles. The summed E-state index contributed by atoms with van der Waals surface area (Å²) in [6.07, 6.45) is 0.500. The summed E-state index contributed by atoms with van der Waals surface area (Å²) < 4.78 is 0. The number of nitrogens with two attached hydrogens (primary N) is 1. The molecule has 1 aromatic rings. The Bertz CT molecular complexity index is 1000. The molecule has 0 saturated heterocycles. The molecule has 0 aliphatic carbocycles. The number of carbonyl (C=O) groups excluding carboxylic acids is 4. The second-order valence-corrected chi connectivity index (χ2v) is 7.58. The zero-order valence-corrected chi connectivity index (χ0v) is 20.0. The van der Waals surface area contributed by atoms with Crippen molar-refractivity contribution in [2.45, 2.75) is 0 Å². The molecule has 0 unspecified atom stereocenters. The second-order valence-electron chi connectivity index (χ2n) is 7.58. The number of nitrogens with one attached hydrogen (secondary N) is 4. The average molecular weight is 544 g/mol. The number of amides is 3. The molecule has 1 rings (SSSR count). The Morgan fingerprint density at radius 3 is 1.84 bits per heavy atom. The molecular weight excluding hydrogens is 516 g/mol. The van der Waals surface area contributed by atoms with E-state index >= 15 is 0 Å². The highest BCUT2D eigenvalue weighted by Gasteiger charge is 2.22. The van der Waals surface area contributed by atoms with Gasteiger partial charge in [-0.15, -0.1) is 5.10 Å². The smallest absolute Gasteiger partial charge is 0.317 e. The van der Waals surface area contributed by atoms with Crippen molar-refractivity contribution < 1.29 is 48.9 Å². The molecule has 20 nitrogen and oxygen atoms in total. The minimum atomic E-state index is -1.27. The fraction of sp³-hybridized carbons (Fsp3) is 0.500. The molecule has 3 amide bonds. The van der Waals surface area contributed by atoms with E-state index in [1.54, 1.807) is 5.43 Å². The molecule has 0 aliphatic rings. The highest BCUT2D eigenvalue weighted by molar-refractivity contribution is 6.04. The molecule has 9 N–H and O–H groups in total. The van der Waals surface area contributed by atoms with E-state index in [-0.39, 0.29) is 38.4 Å². The number of hydrogen-bond donors (Lipinski definition) is 8. The molecular formula is C18H28N10O10. The van der Waals surface area contributed by atoms with E-state index in [1.807, 2.05) is 5.43 Å². The Morgan fingerprint density at radius 2 is 1.32 bits per heavy atom. The molecule has 0 aromatic carbocycles. The molecule has 1 heterocycles. The number of nitrogens with zero attached hydrogens (tertiary/aromatic N) is 5. The van der Waals surface area contributed by atoms with E-state index in [9.17, 15) is 33.6 Å². The van der Waals surface area contributed by atoms with Gasteiger partial charge in [-0.05, 0) is 0 Å². The van der Waals surface area contributed by atoms with Crippen LogP contribution in [0.1, 0.15) is 21.0 Å². The average Bonchev–Trinajstić information content (AvgIpc) is 3.32. The first-order valence-electron chi connectivity index (χ1n) is 10.7. The van der Waals surface area contributed by atoms with Crippen molar-refractivity contribution in [2.24, 2.45) is 5.84 Å². The van der Waals surface area contributed by atoms with Gasteiger partial charge in [0.2, 0.25) is 0 Å². The lowest BCUT2D eigenvalue weighted by Gasteiger charge is -2.27. The number of rotatable bonds is 18. The highest BCUT2D eigenvalue weighted by Crippen LogP contribution is 2.00. The van der Waals surface area contributed by atoms with Crippen LogP contribution in [0.2, 0.25) is 0 Å². The molecule has 210 valence electrons. The quantitative estimate of drug-likeness (QED) is 0.0370. The minimum Gasteiger partial charge on any atom is -0.480 e. The Kier molecular flexibility index (Phi) is 13.5. The molecule has 0 aliphatic heterocycles. The van der Waals surface area contributed by atoms with Crippen molar-refractivity contribution in [1.29, 1.82) is 0 Å². The van der Waals surface area contributed by atoms with E-state index in [1.165, 1.54) is 9.80 Å². The Labute approximate surface area is 214 Å². The number of aromatic amines is 1. The zero-order valence-electron chi connectivity index (χ0n) is 20.0. The highest BCUT2D eigenvalue weighted by atomic mass is 16.4. The summed E-state index contributed by atoms with van der Waals surface area (Å²) >= 11 is 0. The summed E-state index contributed by atoms with van der Waals surface area (Å²) in [4.78, 5) is 84.1. The summed E-state index contributed by atoms with van der Waals surface area (Å²) in [6, 6.07) is 0. The van der Waals surface area contributed by atoms with Crippen LogP contribution in [0.4, 0.5) is 0 Å². The van der Waals surface area contributed by atoms with Gasteiger partial charge in [0.25, 0.3) is 17.7 Å². The summed E-state index contributed by atoms with van der Waals surface area (Å²) in [5.41, 5.74) is 5.06. The fourth-order valence-corrected chi connectivity index (χ4v) is 3.01. The van der Waals surface area contributed by atoms with Gasteiger partial charge in [-0.3, -0.25) is 64.8 Å². The van der Waals surface area contributed by atoms with Gasteiger partial charge in [0.15, 0.2) is 11.4 Å². The number of aromatic nitrogens is 3. The van der Waals surface area contributed by atoms with E-state index < -0.39 is 67.5 Å². The molecule has 0 bridgehead atoms. The number of carboxylic acids is 3. The van der Waals surface area contributed by atoms with Gasteiger partial charge in [-0.2, -0.15) is 0 Å². The van der Waals surface area contributed by atoms with Gasteiger partial charge in [-0.1, -0.05) is 5.21 Å². The number of carboxylic acid groups (broad SMARTS) is 3. The lowest BCUT2D eigenvalue weighted by Crippen LogP contribution is -2.50. The van der Waals surface area contributed by atoms with Crippen LogP contribution in [0.15, 0.2) is 0 Å². The van der Waals surface area contributed by atoms with Gasteiger partial charge in [0.05, 0.1) is 32.7 Å². The van der Waals surface area contributed by atoms with Crippen LogP contribution < -0.4 is 22.1 Å². The number of H-pyrrole nitrogens is 1. The maximum atomic E-state index is 12.5. The van der Waals surface area contributed by atoms with Gasteiger partial charge in [0.1, 0.15) is 6.29 Å². The van der Waals surface area contributed by atoms with E-state index in [0.29, 0.717) is 6.29 Å². The van der Waals surface area contributed by atoms with Crippen LogP contribution in [0, 0.1) is 0 Å². The summed E-state index contributed by atoms with van der Waals surface area (Å²) in [5, 5.41) is 35.9. The van der Waals surface area contributed by atoms with Crippen LogP contribution in [0.5, 0.6) is 0 Å². The van der Waals surface area contributed by atoms with Crippen molar-refractivity contribution >= 4 is 41.9 Å². The second kappa shape index (κ2) is 16.3. The molecule has 0 atom stereocenters. The molecule has 0 spiro atoms. The van der Waals surface area contributed by atoms with Gasteiger partial charge >= 0.3 is 17.9 Å². The third-order valence-corrected chi connectivity index (χ3v) is 4.68. The molecule has 1 aromatic heterocycles. The van der Waals surface area contributed by atoms with Crippen molar-refractivity contribution in [3.63, 3.8) is 0 Å². The predicted octanol–water partition coefficient (Wildman–Crippen LogP) is -5.47. The first kappa shape index (κ1) is 31.5. The van der Waals surface area contributed by atoms with E-state index in [4.69, 9.17) is 21.2 Å². The predicted molar refractivity (Wildman–Crippen MR) is 122 cm³/mol. The normalized spacial score (nSPS) is 10.8. The van der Waals surface area contributed by atoms with E-state index in [2.05, 4.69) is 20.8 Å². The number of hydrazine groups is 2. The van der Waals surface area contributed by atoms with Gasteiger partial charge in [-0.25, -0.2) is 5.84 Å². The Hall–Kier alpha value is -4.53. The first-order chi connectivity index (χ1) is 18.0. The largest absolute Gasteiger partial charge is 0.480 e. The number of nitrogen functional groups attached to an aromatic ring is 1. The molecule has 20 heteroatoms. The maximum absolute atomic E-state index is 12.5. The van der Waals surface area contributed by atoms with Crippen LogP contribution in [-0.4, -0.2) is 146 Å². The lowest BCUT2D eigenvalue weighted by molar-refractivity contribution is -0.142. The topological polar surface area (TPSA) is 294 Å². The zero-order chi connectivity index (χ0) is 28.7. The summed E-state index contributed by atoms with van der Waals surface area (Å²) in [6.45, 7) is -2.36. The third kappa shape index (κ3) is 11.9. The van der Waals surface area contributed by atoms with Gasteiger partial charge in [0, 0.05) is 26.2 Å². The SMILES string of the molecule is NNC(=O)c1[nH]nnc1C(=O)NNC(=O)CN(CCN(CC=O)CC(=O)O)CCN(CC(=O)O)CC(=O)O. The van der Waals surface area contributed by atoms with Crippen molar-refractivity contribution in [2.75, 3.05) is 58.9 Å². The van der Waals surface area contributed by atoms with Crippen LogP contribution >= 0.6 is 0 Å². The number of aldehydes is 1. The van der Waals surface area contributed by atoms with Crippen molar-refractivity contribution in [3.8, 4) is 0 Å². The van der Waals surface area contributed by atoms with Crippen LogP contribution in [0.25, 0.3) is 0 Å². The summed E-state index contributed by atoms with van der Waals surface area (Å²) in [5.74, 6) is -1.42. The van der Waals surface area contributed by atoms with Crippen LogP contribution in [0.3, 0.4) is 0 Å². The molecule has 0 radical (unpaired) electrons. The van der Waals surface area contributed by atoms with Crippen LogP contribution in [-0.2, 0) is 24.0 Å². The monoisotopic (exact) mass is 544 g/mol. The lowest BCUT2D eigenvalue weighted by atomic mass is 10.3. The first-order valence-corrected chi connectivity index (χ1v) is 10.7. The summed E-state index contributed by atoms with van der Waals surface area (Å²) in [7, 11) is 0. The number of aliphatic carboxylic acids is 3. The van der Waals surface area contributed by atoms with E-state index in [0.717, 1.165) is 4.90 Å². The molecule has 0 fully saturated rings. The molecule has 38 heavy (non-hydrogen) atoms. The van der Waals surface area contributed by atoms with Crippen molar-refractivity contribution in [1.82, 2.24) is 46.4 Å². The number of hydrogen-bond acceptors (Lipinski definition) is 13. The third-order valence-electron chi connectivity index (χ3n) is 4.68. The Morgan fingerprint density at radius 1 is 0.789 bits per heavy atom. The standard InChI is InChI=1S/C18H28N10O10/c19-20-17(37)15-16(23-25-22-15)18(38)24-21-11(30)7-26(1-2-27(5-6-29)8-12(31)32)3-4-28(9-13(33)34)10-14(35)36/h6H,1-5,7-10,19H2,(H,20,37)(H,21,30)(H,24,38)(H,31,32)(H,33,34)(H,35,36)(H,22,23,25). The fourth-order valence-electron chi connectivity index (χ4n) is 3.01. The Balaban J connectivity index is 2.86. The maximum Gasteiger partial charge on any atom is 0.317 e.